The van der Waals surface area contributed by atoms with Crippen LogP contribution in [0.1, 0.15) is 0 Å². The van der Waals surface area contributed by atoms with Crippen molar-refractivity contribution < 1.29 is 27.9 Å². The first-order chi connectivity index (χ1) is 15.9. The summed E-state index contributed by atoms with van der Waals surface area (Å²) in [4.78, 5) is 18.5. The molecule has 2 N–H and O–H groups in total. The number of hydrogen-bond donors (Lipinski definition) is 2. The van der Waals surface area contributed by atoms with Gasteiger partial charge in [-0.1, -0.05) is 18.2 Å². The number of hydrogen-bond acceptors (Lipinski definition) is 7. The Morgan fingerprint density at radius 3 is 2.76 bits per heavy atom. The predicted octanol–water partition coefficient (Wildman–Crippen LogP) is 4.48. The maximum absolute atomic E-state index is 13.9. The minimum absolute atomic E-state index is 0.0645. The summed E-state index contributed by atoms with van der Waals surface area (Å²) < 4.78 is 45.6. The highest BCUT2D eigenvalue weighted by Gasteiger charge is 2.22. The van der Waals surface area contributed by atoms with Crippen molar-refractivity contribution in [2.75, 3.05) is 11.9 Å². The summed E-state index contributed by atoms with van der Waals surface area (Å²) in [5, 5.41) is 23.9. The largest absolute Gasteiger partial charge is 0.432 e. The van der Waals surface area contributed by atoms with Gasteiger partial charge in [-0.3, -0.25) is 10.1 Å². The van der Waals surface area contributed by atoms with Crippen LogP contribution < -0.4 is 10.1 Å². The van der Waals surface area contributed by atoms with Crippen LogP contribution >= 0.6 is 0 Å². The molecule has 9 nitrogen and oxygen atoms in total. The third kappa shape index (κ3) is 4.55. The number of rotatable bonds is 8. The van der Waals surface area contributed by atoms with E-state index in [9.17, 15) is 28.4 Å². The molecule has 0 radical (unpaired) electrons. The van der Waals surface area contributed by atoms with Gasteiger partial charge < -0.3 is 19.7 Å². The number of fused-ring (bicyclic) bond motifs is 1. The maximum Gasteiger partial charge on any atom is 0.387 e. The summed E-state index contributed by atoms with van der Waals surface area (Å²) in [6.07, 6.45) is 3.22. The molecule has 0 saturated carbocycles. The number of halogens is 3. The van der Waals surface area contributed by atoms with E-state index in [1.54, 1.807) is 12.3 Å². The van der Waals surface area contributed by atoms with Gasteiger partial charge in [0.2, 0.25) is 11.8 Å². The van der Waals surface area contributed by atoms with Crippen LogP contribution in [0.2, 0.25) is 0 Å². The second kappa shape index (κ2) is 9.12. The Bertz CT molecular complexity index is 1330. The van der Waals surface area contributed by atoms with Crippen molar-refractivity contribution in [2.24, 2.45) is 0 Å². The standard InChI is InChI=1S/C21H16F3N5O4/c22-14-9-19(33-20(23)24)16(10-18(14)29(31)32)27-21-25-6-5-15(26-21)13-11-28(7-8-30)17-4-2-1-3-12(13)17/h1-6,9-11,20,30H,7-8H2,(H,25,26,27). The van der Waals surface area contributed by atoms with E-state index in [0.29, 0.717) is 18.3 Å². The molecule has 4 aromatic rings. The lowest BCUT2D eigenvalue weighted by atomic mass is 10.1. The first kappa shape index (κ1) is 22.0. The second-order valence-electron chi connectivity index (χ2n) is 6.80. The summed E-state index contributed by atoms with van der Waals surface area (Å²) in [7, 11) is 0. The summed E-state index contributed by atoms with van der Waals surface area (Å²) >= 11 is 0. The van der Waals surface area contributed by atoms with Crippen LogP contribution in [0.25, 0.3) is 22.2 Å². The normalized spacial score (nSPS) is 11.2. The number of anilines is 2. The number of aromatic nitrogens is 3. The number of aliphatic hydroxyl groups excluding tert-OH is 1. The number of para-hydroxylation sites is 1. The third-order valence-electron chi connectivity index (χ3n) is 4.77. The van der Waals surface area contributed by atoms with Gasteiger partial charge in [-0.05, 0) is 12.1 Å². The molecular weight excluding hydrogens is 443 g/mol. The number of nitrogens with zero attached hydrogens (tertiary/aromatic N) is 4. The van der Waals surface area contributed by atoms with Crippen LogP contribution in [0.5, 0.6) is 5.75 Å². The van der Waals surface area contributed by atoms with E-state index in [1.807, 2.05) is 28.8 Å². The molecule has 0 aliphatic rings. The van der Waals surface area contributed by atoms with Crippen LogP contribution in [0.3, 0.4) is 0 Å². The Morgan fingerprint density at radius 2 is 2.03 bits per heavy atom. The first-order valence-corrected chi connectivity index (χ1v) is 9.59. The third-order valence-corrected chi connectivity index (χ3v) is 4.77. The Balaban J connectivity index is 1.75. The fourth-order valence-electron chi connectivity index (χ4n) is 3.41. The minimum atomic E-state index is -3.28. The number of alkyl halides is 2. The van der Waals surface area contributed by atoms with Gasteiger partial charge in [0, 0.05) is 47.5 Å². The van der Waals surface area contributed by atoms with Gasteiger partial charge >= 0.3 is 12.3 Å². The monoisotopic (exact) mass is 459 g/mol. The molecule has 2 aromatic heterocycles. The summed E-state index contributed by atoms with van der Waals surface area (Å²) in [6.45, 7) is -2.98. The van der Waals surface area contributed by atoms with Gasteiger partial charge in [-0.25, -0.2) is 9.97 Å². The average Bonchev–Trinajstić information content (AvgIpc) is 3.14. The van der Waals surface area contributed by atoms with E-state index in [-0.39, 0.29) is 18.2 Å². The lowest BCUT2D eigenvalue weighted by molar-refractivity contribution is -0.387. The van der Waals surface area contributed by atoms with Crippen LogP contribution in [0.4, 0.5) is 30.5 Å². The van der Waals surface area contributed by atoms with Crippen LogP contribution in [0.15, 0.2) is 54.9 Å². The number of aliphatic hydroxyl groups is 1. The van der Waals surface area contributed by atoms with E-state index in [0.717, 1.165) is 22.5 Å². The van der Waals surface area contributed by atoms with Gasteiger partial charge in [-0.15, -0.1) is 0 Å². The van der Waals surface area contributed by atoms with Gasteiger partial charge in [0.25, 0.3) is 0 Å². The van der Waals surface area contributed by atoms with E-state index >= 15 is 0 Å². The minimum Gasteiger partial charge on any atom is -0.432 e. The molecule has 0 aliphatic heterocycles. The SMILES string of the molecule is O=[N+]([O-])c1cc(Nc2nccc(-c3cn(CCO)c4ccccc34)n2)c(OC(F)F)cc1F. The number of nitro benzene ring substituents is 1. The van der Waals surface area contributed by atoms with Crippen molar-refractivity contribution in [1.29, 1.82) is 0 Å². The second-order valence-corrected chi connectivity index (χ2v) is 6.80. The Hall–Kier alpha value is -4.19. The van der Waals surface area contributed by atoms with E-state index in [1.165, 1.54) is 6.20 Å². The van der Waals surface area contributed by atoms with Crippen molar-refractivity contribution in [1.82, 2.24) is 14.5 Å². The fourth-order valence-corrected chi connectivity index (χ4v) is 3.41. The molecule has 4 rings (SSSR count). The average molecular weight is 459 g/mol. The van der Waals surface area contributed by atoms with Gasteiger partial charge in [0.1, 0.15) is 0 Å². The Kier molecular flexibility index (Phi) is 6.09. The van der Waals surface area contributed by atoms with E-state index < -0.39 is 28.8 Å². The molecular formula is C21H16F3N5O4. The quantitative estimate of drug-likeness (QED) is 0.295. The van der Waals surface area contributed by atoms with Crippen molar-refractivity contribution in [3.63, 3.8) is 0 Å². The molecule has 0 saturated heterocycles. The van der Waals surface area contributed by atoms with Crippen molar-refractivity contribution in [3.05, 3.63) is 70.8 Å². The van der Waals surface area contributed by atoms with Crippen LogP contribution in [-0.4, -0.2) is 37.8 Å². The van der Waals surface area contributed by atoms with Crippen molar-refractivity contribution in [3.8, 4) is 17.0 Å². The molecule has 2 aromatic carbocycles. The van der Waals surface area contributed by atoms with Crippen molar-refractivity contribution in [2.45, 2.75) is 13.2 Å². The van der Waals surface area contributed by atoms with Crippen LogP contribution in [-0.2, 0) is 6.54 Å². The highest BCUT2D eigenvalue weighted by Crippen LogP contribution is 2.35. The smallest absolute Gasteiger partial charge is 0.387 e. The maximum atomic E-state index is 13.9. The molecule has 0 aliphatic carbocycles. The molecule has 0 amide bonds. The van der Waals surface area contributed by atoms with Gasteiger partial charge in [0.15, 0.2) is 5.75 Å². The van der Waals surface area contributed by atoms with Gasteiger partial charge in [-0.2, -0.15) is 13.2 Å². The lowest BCUT2D eigenvalue weighted by Crippen LogP contribution is -2.07. The highest BCUT2D eigenvalue weighted by atomic mass is 19.3. The molecule has 0 bridgehead atoms. The fraction of sp³-hybridized carbons (Fsp3) is 0.143. The van der Waals surface area contributed by atoms with E-state index in [2.05, 4.69) is 20.0 Å². The Morgan fingerprint density at radius 1 is 1.24 bits per heavy atom. The Labute approximate surface area is 184 Å². The molecule has 0 fully saturated rings. The molecule has 0 spiro atoms. The number of ether oxygens (including phenoxy) is 1. The molecule has 2 heterocycles. The predicted molar refractivity (Wildman–Crippen MR) is 113 cm³/mol. The number of nitrogens with one attached hydrogen (secondary N) is 1. The summed E-state index contributed by atoms with van der Waals surface area (Å²) in [6, 6.07) is 10.3. The summed E-state index contributed by atoms with van der Waals surface area (Å²) in [5.74, 6) is -2.04. The van der Waals surface area contributed by atoms with Gasteiger partial charge in [0.05, 0.1) is 22.9 Å². The number of benzene rings is 2. The topological polar surface area (TPSA) is 115 Å². The highest BCUT2D eigenvalue weighted by molar-refractivity contribution is 5.95. The zero-order chi connectivity index (χ0) is 23.5. The first-order valence-electron chi connectivity index (χ1n) is 9.59. The number of nitro groups is 1. The molecule has 0 unspecified atom stereocenters. The zero-order valence-corrected chi connectivity index (χ0v) is 16.8. The van der Waals surface area contributed by atoms with Crippen molar-refractivity contribution >= 4 is 28.2 Å². The van der Waals surface area contributed by atoms with Crippen LogP contribution in [0, 0.1) is 15.9 Å². The molecule has 12 heteroatoms. The summed E-state index contributed by atoms with van der Waals surface area (Å²) in [5.41, 5.74) is 0.828. The molecule has 33 heavy (non-hydrogen) atoms. The lowest BCUT2D eigenvalue weighted by Gasteiger charge is -2.12. The van der Waals surface area contributed by atoms with E-state index in [4.69, 9.17) is 0 Å². The molecule has 0 atom stereocenters. The molecule has 170 valence electrons. The zero-order valence-electron chi connectivity index (χ0n) is 16.8.